The summed E-state index contributed by atoms with van der Waals surface area (Å²) in [5.41, 5.74) is 0. The predicted octanol–water partition coefficient (Wildman–Crippen LogP) is 4.84. The van der Waals surface area contributed by atoms with Gasteiger partial charge in [-0.1, -0.05) is 64.9 Å². The van der Waals surface area contributed by atoms with Crippen molar-refractivity contribution in [3.8, 4) is 0 Å². The lowest BCUT2D eigenvalue weighted by Crippen LogP contribution is -1.82. The smallest absolute Gasteiger partial charge is 0.106 e. The number of ether oxygens (including phenoxy) is 1. The van der Waals surface area contributed by atoms with Gasteiger partial charge in [-0.15, -0.1) is 0 Å². The Hall–Kier alpha value is -0.720. The van der Waals surface area contributed by atoms with Crippen molar-refractivity contribution in [2.24, 2.45) is 0 Å². The van der Waals surface area contributed by atoms with Crippen LogP contribution in [0.25, 0.3) is 0 Å². The molecule has 0 aromatic rings. The minimum Gasteiger partial charge on any atom is -0.497 e. The predicted molar refractivity (Wildman–Crippen MR) is 67.9 cm³/mol. The van der Waals surface area contributed by atoms with Gasteiger partial charge in [-0.3, -0.25) is 0 Å². The highest BCUT2D eigenvalue weighted by molar-refractivity contribution is 5.02. The third-order valence-corrected chi connectivity index (χ3v) is 2.32. The molecule has 0 spiro atoms. The van der Waals surface area contributed by atoms with Gasteiger partial charge in [0, 0.05) is 0 Å². The minimum absolute atomic E-state index is 0.733. The van der Waals surface area contributed by atoms with E-state index in [1.807, 2.05) is 18.2 Å². The molecule has 1 heterocycles. The van der Waals surface area contributed by atoms with E-state index in [0.717, 1.165) is 6.61 Å². The third-order valence-electron chi connectivity index (χ3n) is 2.32. The summed E-state index contributed by atoms with van der Waals surface area (Å²) in [6.07, 6.45) is 17.4. The Morgan fingerprint density at radius 2 is 1.47 bits per heavy atom. The molecule has 0 fully saturated rings. The van der Waals surface area contributed by atoms with Crippen LogP contribution in [0.4, 0.5) is 0 Å². The maximum Gasteiger partial charge on any atom is 0.106 e. The van der Waals surface area contributed by atoms with E-state index in [1.165, 1.54) is 44.9 Å². The Kier molecular flexibility index (Phi) is 12.6. The van der Waals surface area contributed by atoms with Crippen LogP contribution in [0.1, 0.15) is 58.8 Å². The van der Waals surface area contributed by atoms with E-state index < -0.39 is 0 Å². The monoisotopic (exact) mass is 210 g/mol. The molecule has 0 aromatic heterocycles. The fraction of sp³-hybridized carbons (Fsp3) is 0.714. The van der Waals surface area contributed by atoms with Gasteiger partial charge in [0.25, 0.3) is 0 Å². The van der Waals surface area contributed by atoms with Crippen molar-refractivity contribution in [1.29, 1.82) is 0 Å². The van der Waals surface area contributed by atoms with Crippen molar-refractivity contribution in [2.75, 3.05) is 6.61 Å². The maximum absolute atomic E-state index is 4.80. The zero-order valence-electron chi connectivity index (χ0n) is 10.4. The van der Waals surface area contributed by atoms with Gasteiger partial charge in [-0.05, 0) is 12.2 Å². The molecule has 88 valence electrons. The lowest BCUT2D eigenvalue weighted by molar-refractivity contribution is 0.286. The number of allylic oxidation sites excluding steroid dienone is 2. The molecule has 15 heavy (non-hydrogen) atoms. The van der Waals surface area contributed by atoms with E-state index in [0.29, 0.717) is 0 Å². The minimum atomic E-state index is 0.733. The number of rotatable bonds is 6. The third kappa shape index (κ3) is 13.3. The van der Waals surface area contributed by atoms with Gasteiger partial charge in [0.2, 0.25) is 0 Å². The largest absolute Gasteiger partial charge is 0.497 e. The summed E-state index contributed by atoms with van der Waals surface area (Å²) in [4.78, 5) is 0. The van der Waals surface area contributed by atoms with E-state index >= 15 is 0 Å². The van der Waals surface area contributed by atoms with Crippen LogP contribution in [0, 0.1) is 0 Å². The molecule has 0 amide bonds. The molecular formula is C14H26O. The molecule has 0 radical (unpaired) electrons. The Morgan fingerprint density at radius 3 is 1.73 bits per heavy atom. The van der Waals surface area contributed by atoms with Gasteiger partial charge in [0.1, 0.15) is 6.61 Å². The normalized spacial score (nSPS) is 12.9. The molecule has 0 atom stereocenters. The molecule has 0 saturated carbocycles. The zero-order chi connectivity index (χ0) is 11.2. The summed E-state index contributed by atoms with van der Waals surface area (Å²) in [6, 6.07) is 0. The Morgan fingerprint density at radius 1 is 0.867 bits per heavy atom. The zero-order valence-corrected chi connectivity index (χ0v) is 10.4. The topological polar surface area (TPSA) is 9.23 Å². The first-order valence-electron chi connectivity index (χ1n) is 6.35. The van der Waals surface area contributed by atoms with Crippen molar-refractivity contribution >= 4 is 0 Å². The number of hydrogen-bond acceptors (Lipinski definition) is 1. The van der Waals surface area contributed by atoms with Crippen LogP contribution in [0.5, 0.6) is 0 Å². The van der Waals surface area contributed by atoms with E-state index in [1.54, 1.807) is 6.26 Å². The molecule has 1 heteroatoms. The second kappa shape index (κ2) is 13.3. The van der Waals surface area contributed by atoms with Gasteiger partial charge in [-0.2, -0.15) is 0 Å². The lowest BCUT2D eigenvalue weighted by Gasteiger charge is -1.96. The summed E-state index contributed by atoms with van der Waals surface area (Å²) in [6.45, 7) is 5.26. The fourth-order valence-electron chi connectivity index (χ4n) is 1.38. The van der Waals surface area contributed by atoms with Crippen LogP contribution >= 0.6 is 0 Å². The average molecular weight is 210 g/mol. The molecule has 0 aliphatic carbocycles. The van der Waals surface area contributed by atoms with Gasteiger partial charge in [0.15, 0.2) is 0 Å². The van der Waals surface area contributed by atoms with Crippen LogP contribution < -0.4 is 0 Å². The molecule has 0 saturated heterocycles. The molecule has 1 aliphatic heterocycles. The first-order valence-corrected chi connectivity index (χ1v) is 6.35. The molecule has 1 aliphatic rings. The molecule has 1 rings (SSSR count). The van der Waals surface area contributed by atoms with Gasteiger partial charge in [-0.25, -0.2) is 0 Å². The second-order valence-electron chi connectivity index (χ2n) is 3.86. The number of unbranched alkanes of at least 4 members (excludes halogenated alkanes) is 6. The van der Waals surface area contributed by atoms with Gasteiger partial charge in [0.05, 0.1) is 6.26 Å². The quantitative estimate of drug-likeness (QED) is 0.570. The molecule has 1 nitrogen and oxygen atoms in total. The summed E-state index contributed by atoms with van der Waals surface area (Å²) < 4.78 is 4.80. The molecular weight excluding hydrogens is 184 g/mol. The van der Waals surface area contributed by atoms with Crippen LogP contribution in [-0.4, -0.2) is 6.61 Å². The molecule has 0 aromatic carbocycles. The Balaban J connectivity index is 0.000000280. The SMILES string of the molecule is C1=CCOC=C1.CCCCCCCCC. The first kappa shape index (κ1) is 14.3. The van der Waals surface area contributed by atoms with E-state index in [4.69, 9.17) is 4.74 Å². The van der Waals surface area contributed by atoms with Crippen molar-refractivity contribution in [3.63, 3.8) is 0 Å². The highest BCUT2D eigenvalue weighted by Crippen LogP contribution is 2.05. The Bertz CT molecular complexity index is 141. The fourth-order valence-corrected chi connectivity index (χ4v) is 1.38. The van der Waals surface area contributed by atoms with Gasteiger partial charge < -0.3 is 4.74 Å². The highest BCUT2D eigenvalue weighted by Gasteiger charge is 1.85. The molecule has 0 bridgehead atoms. The van der Waals surface area contributed by atoms with Crippen LogP contribution in [0.2, 0.25) is 0 Å². The standard InChI is InChI=1S/C9H20.C5H6O/c1-3-5-7-9-8-6-4-2;1-2-4-6-5-3-1/h3-9H2,1-2H3;1-4H,5H2. The van der Waals surface area contributed by atoms with E-state index in [9.17, 15) is 0 Å². The summed E-state index contributed by atoms with van der Waals surface area (Å²) in [7, 11) is 0. The highest BCUT2D eigenvalue weighted by atomic mass is 16.5. The van der Waals surface area contributed by atoms with Crippen LogP contribution in [0.15, 0.2) is 24.5 Å². The van der Waals surface area contributed by atoms with Crippen molar-refractivity contribution in [3.05, 3.63) is 24.5 Å². The lowest BCUT2D eigenvalue weighted by atomic mass is 10.1. The average Bonchev–Trinajstić information content (AvgIpc) is 2.32. The summed E-state index contributed by atoms with van der Waals surface area (Å²) >= 11 is 0. The van der Waals surface area contributed by atoms with Crippen LogP contribution in [-0.2, 0) is 4.74 Å². The van der Waals surface area contributed by atoms with Crippen molar-refractivity contribution in [1.82, 2.24) is 0 Å². The second-order valence-corrected chi connectivity index (χ2v) is 3.86. The Labute approximate surface area is 95.2 Å². The molecule has 0 unspecified atom stereocenters. The number of hydrogen-bond donors (Lipinski definition) is 0. The van der Waals surface area contributed by atoms with Crippen molar-refractivity contribution < 1.29 is 4.74 Å². The first-order chi connectivity index (χ1) is 7.41. The molecule has 0 N–H and O–H groups in total. The van der Waals surface area contributed by atoms with Crippen LogP contribution in [0.3, 0.4) is 0 Å². The summed E-state index contributed by atoms with van der Waals surface area (Å²) in [5, 5.41) is 0. The van der Waals surface area contributed by atoms with E-state index in [-0.39, 0.29) is 0 Å². The van der Waals surface area contributed by atoms with E-state index in [2.05, 4.69) is 13.8 Å². The van der Waals surface area contributed by atoms with Gasteiger partial charge >= 0.3 is 0 Å². The maximum atomic E-state index is 4.80. The summed E-state index contributed by atoms with van der Waals surface area (Å²) in [5.74, 6) is 0. The van der Waals surface area contributed by atoms with Crippen molar-refractivity contribution in [2.45, 2.75) is 58.8 Å².